The van der Waals surface area contributed by atoms with Crippen LogP contribution in [-0.4, -0.2) is 16.6 Å². The molecule has 94 valence electrons. The number of rotatable bonds is 5. The fourth-order valence-electron chi connectivity index (χ4n) is 1.65. The Kier molecular flexibility index (Phi) is 4.53. The summed E-state index contributed by atoms with van der Waals surface area (Å²) >= 11 is 5.85. The number of aromatic nitrogens is 2. The van der Waals surface area contributed by atoms with Crippen LogP contribution in [0.3, 0.4) is 0 Å². The van der Waals surface area contributed by atoms with Crippen LogP contribution in [0.15, 0.2) is 36.7 Å². The number of aryl methyl sites for hydroxylation is 1. The summed E-state index contributed by atoms with van der Waals surface area (Å²) in [6.45, 7) is 2.55. The van der Waals surface area contributed by atoms with Crippen LogP contribution in [0.1, 0.15) is 17.0 Å². The molecule has 0 aliphatic heterocycles. The third-order valence-electron chi connectivity index (χ3n) is 2.60. The van der Waals surface area contributed by atoms with E-state index in [-0.39, 0.29) is 0 Å². The second kappa shape index (κ2) is 6.36. The molecule has 0 aliphatic carbocycles. The van der Waals surface area contributed by atoms with Crippen LogP contribution in [0.4, 0.5) is 0 Å². The normalized spacial score (nSPS) is 10.3. The quantitative estimate of drug-likeness (QED) is 0.777. The summed E-state index contributed by atoms with van der Waals surface area (Å²) in [5.74, 6) is 1.14. The molecule has 2 aromatic rings. The molecule has 2 heterocycles. The van der Waals surface area contributed by atoms with Crippen molar-refractivity contribution in [2.45, 2.75) is 19.2 Å². The van der Waals surface area contributed by atoms with Crippen molar-refractivity contribution < 1.29 is 4.74 Å². The number of hydrogen-bond acceptors (Lipinski definition) is 3. The summed E-state index contributed by atoms with van der Waals surface area (Å²) in [6, 6.07) is 7.82. The minimum atomic E-state index is 0.367. The smallest absolute Gasteiger partial charge is 0.142 e. The van der Waals surface area contributed by atoms with Crippen molar-refractivity contribution in [3.8, 4) is 5.75 Å². The summed E-state index contributed by atoms with van der Waals surface area (Å²) in [5.41, 5.74) is 2.95. The van der Waals surface area contributed by atoms with Crippen LogP contribution >= 0.6 is 11.6 Å². The summed E-state index contributed by atoms with van der Waals surface area (Å²) in [4.78, 5) is 8.33. The minimum absolute atomic E-state index is 0.367. The van der Waals surface area contributed by atoms with Gasteiger partial charge in [-0.2, -0.15) is 0 Å². The zero-order chi connectivity index (χ0) is 12.8. The molecule has 0 saturated carbocycles. The predicted octanol–water partition coefficient (Wildman–Crippen LogP) is 3.15. The fourth-order valence-corrected chi connectivity index (χ4v) is 1.84. The van der Waals surface area contributed by atoms with Gasteiger partial charge in [-0.1, -0.05) is 0 Å². The standard InChI is InChI=1S/C14H15ClN2O/c1-11-2-3-14(13(10-15)17-11)18-9-6-12-4-7-16-8-5-12/h2-5,7-8H,6,9-10H2,1H3. The van der Waals surface area contributed by atoms with Crippen molar-refractivity contribution in [3.63, 3.8) is 0 Å². The van der Waals surface area contributed by atoms with Gasteiger partial charge in [0.05, 0.1) is 18.2 Å². The molecule has 0 N–H and O–H groups in total. The molecular weight excluding hydrogens is 248 g/mol. The molecule has 2 aromatic heterocycles. The van der Waals surface area contributed by atoms with Gasteiger partial charge < -0.3 is 4.74 Å². The molecular formula is C14H15ClN2O. The maximum Gasteiger partial charge on any atom is 0.142 e. The topological polar surface area (TPSA) is 35.0 Å². The second-order valence-electron chi connectivity index (χ2n) is 3.99. The van der Waals surface area contributed by atoms with Gasteiger partial charge in [0.1, 0.15) is 5.75 Å². The van der Waals surface area contributed by atoms with Crippen LogP contribution in [-0.2, 0) is 12.3 Å². The molecule has 3 nitrogen and oxygen atoms in total. The molecule has 0 radical (unpaired) electrons. The van der Waals surface area contributed by atoms with Gasteiger partial charge in [-0.25, -0.2) is 0 Å². The van der Waals surface area contributed by atoms with E-state index in [0.29, 0.717) is 12.5 Å². The first-order chi connectivity index (χ1) is 8.79. The lowest BCUT2D eigenvalue weighted by molar-refractivity contribution is 0.317. The van der Waals surface area contributed by atoms with Crippen molar-refractivity contribution in [2.24, 2.45) is 0 Å². The highest BCUT2D eigenvalue weighted by atomic mass is 35.5. The highest BCUT2D eigenvalue weighted by Gasteiger charge is 2.04. The van der Waals surface area contributed by atoms with E-state index in [0.717, 1.165) is 23.6 Å². The van der Waals surface area contributed by atoms with Gasteiger partial charge in [-0.3, -0.25) is 9.97 Å². The van der Waals surface area contributed by atoms with E-state index in [9.17, 15) is 0 Å². The first kappa shape index (κ1) is 12.8. The molecule has 0 unspecified atom stereocenters. The Morgan fingerprint density at radius 3 is 2.67 bits per heavy atom. The van der Waals surface area contributed by atoms with Crippen molar-refractivity contribution in [1.82, 2.24) is 9.97 Å². The van der Waals surface area contributed by atoms with Crippen LogP contribution in [0, 0.1) is 6.92 Å². The summed E-state index contributed by atoms with van der Waals surface area (Å²) < 4.78 is 5.72. The van der Waals surface area contributed by atoms with Crippen LogP contribution in [0.25, 0.3) is 0 Å². The molecule has 2 rings (SSSR count). The highest BCUT2D eigenvalue weighted by molar-refractivity contribution is 6.17. The maximum atomic E-state index is 5.85. The third-order valence-corrected chi connectivity index (χ3v) is 2.85. The summed E-state index contributed by atoms with van der Waals surface area (Å²) in [6.07, 6.45) is 4.41. The molecule has 0 aliphatic rings. The van der Waals surface area contributed by atoms with E-state index in [1.807, 2.05) is 31.2 Å². The lowest BCUT2D eigenvalue weighted by Crippen LogP contribution is -2.04. The molecule has 0 atom stereocenters. The van der Waals surface area contributed by atoms with Gasteiger partial charge in [0, 0.05) is 24.5 Å². The first-order valence-corrected chi connectivity index (χ1v) is 6.37. The van der Waals surface area contributed by atoms with Gasteiger partial charge in [0.15, 0.2) is 0 Å². The molecule has 0 aromatic carbocycles. The molecule has 0 bridgehead atoms. The molecule has 18 heavy (non-hydrogen) atoms. The van der Waals surface area contributed by atoms with Crippen LogP contribution < -0.4 is 4.74 Å². The third kappa shape index (κ3) is 3.44. The molecule has 0 saturated heterocycles. The Bertz CT molecular complexity index is 502. The van der Waals surface area contributed by atoms with E-state index in [4.69, 9.17) is 16.3 Å². The van der Waals surface area contributed by atoms with E-state index < -0.39 is 0 Å². The SMILES string of the molecule is Cc1ccc(OCCc2ccncc2)c(CCl)n1. The van der Waals surface area contributed by atoms with E-state index in [1.54, 1.807) is 12.4 Å². The molecule has 0 spiro atoms. The van der Waals surface area contributed by atoms with Gasteiger partial charge in [-0.05, 0) is 36.8 Å². The summed E-state index contributed by atoms with van der Waals surface area (Å²) in [7, 11) is 0. The largest absolute Gasteiger partial charge is 0.491 e. The number of ether oxygens (including phenoxy) is 1. The van der Waals surface area contributed by atoms with Gasteiger partial charge in [0.25, 0.3) is 0 Å². The monoisotopic (exact) mass is 262 g/mol. The van der Waals surface area contributed by atoms with Crippen molar-refractivity contribution in [1.29, 1.82) is 0 Å². The Balaban J connectivity index is 1.94. The first-order valence-electron chi connectivity index (χ1n) is 5.84. The van der Waals surface area contributed by atoms with Crippen LogP contribution in [0.5, 0.6) is 5.75 Å². The van der Waals surface area contributed by atoms with Crippen molar-refractivity contribution in [2.75, 3.05) is 6.61 Å². The predicted molar refractivity (Wildman–Crippen MR) is 72.0 cm³/mol. The Hall–Kier alpha value is -1.61. The van der Waals surface area contributed by atoms with E-state index in [2.05, 4.69) is 9.97 Å². The van der Waals surface area contributed by atoms with Gasteiger partial charge in [-0.15, -0.1) is 11.6 Å². The summed E-state index contributed by atoms with van der Waals surface area (Å²) in [5, 5.41) is 0. The Labute approximate surface area is 112 Å². The average Bonchev–Trinajstić information content (AvgIpc) is 2.41. The maximum absolute atomic E-state index is 5.85. The number of alkyl halides is 1. The zero-order valence-electron chi connectivity index (χ0n) is 10.3. The molecule has 0 fully saturated rings. The van der Waals surface area contributed by atoms with E-state index in [1.165, 1.54) is 5.56 Å². The molecule has 4 heteroatoms. The lowest BCUT2D eigenvalue weighted by atomic mass is 10.2. The van der Waals surface area contributed by atoms with E-state index >= 15 is 0 Å². The van der Waals surface area contributed by atoms with Crippen molar-refractivity contribution >= 4 is 11.6 Å². The van der Waals surface area contributed by atoms with Crippen molar-refractivity contribution in [3.05, 3.63) is 53.6 Å². The van der Waals surface area contributed by atoms with Gasteiger partial charge >= 0.3 is 0 Å². The number of nitrogens with zero attached hydrogens (tertiary/aromatic N) is 2. The average molecular weight is 263 g/mol. The minimum Gasteiger partial charge on any atom is -0.491 e. The highest BCUT2D eigenvalue weighted by Crippen LogP contribution is 2.19. The Morgan fingerprint density at radius 2 is 1.94 bits per heavy atom. The number of hydrogen-bond donors (Lipinski definition) is 0. The fraction of sp³-hybridized carbons (Fsp3) is 0.286. The van der Waals surface area contributed by atoms with Gasteiger partial charge in [0.2, 0.25) is 0 Å². The molecule has 0 amide bonds. The lowest BCUT2D eigenvalue weighted by Gasteiger charge is -2.09. The zero-order valence-corrected chi connectivity index (χ0v) is 11.0. The number of halogens is 1. The number of pyridine rings is 2. The Morgan fingerprint density at radius 1 is 1.17 bits per heavy atom. The van der Waals surface area contributed by atoms with Crippen LogP contribution in [0.2, 0.25) is 0 Å². The second-order valence-corrected chi connectivity index (χ2v) is 4.25.